The normalized spacial score (nSPS) is 11.2. The van der Waals surface area contributed by atoms with Gasteiger partial charge < -0.3 is 4.74 Å². The predicted molar refractivity (Wildman–Crippen MR) is 66.1 cm³/mol. The molecule has 88 valence electrons. The van der Waals surface area contributed by atoms with Crippen molar-refractivity contribution >= 4 is 16.8 Å². The van der Waals surface area contributed by atoms with Gasteiger partial charge in [0.15, 0.2) is 0 Å². The van der Waals surface area contributed by atoms with Crippen LogP contribution in [0.4, 0.5) is 0 Å². The van der Waals surface area contributed by atoms with E-state index < -0.39 is 0 Å². The largest absolute Gasteiger partial charge is 0.493 e. The quantitative estimate of drug-likeness (QED) is 0.753. The van der Waals surface area contributed by atoms with Crippen LogP contribution >= 0.6 is 11.6 Å². The zero-order valence-electron chi connectivity index (χ0n) is 9.92. The summed E-state index contributed by atoms with van der Waals surface area (Å²) in [6, 6.07) is 7.91. The molecule has 0 fully saturated rings. The highest BCUT2D eigenvalue weighted by atomic mass is 35.5. The van der Waals surface area contributed by atoms with Crippen molar-refractivity contribution in [1.29, 1.82) is 0 Å². The highest BCUT2D eigenvalue weighted by Crippen LogP contribution is 2.24. The van der Waals surface area contributed by atoms with Crippen molar-refractivity contribution in [3.05, 3.63) is 29.8 Å². The van der Waals surface area contributed by atoms with E-state index in [2.05, 4.69) is 20.8 Å². The Kier molecular flexibility index (Phi) is 4.36. The molecule has 0 atom stereocenters. The number of ether oxygens (including phenoxy) is 1. The first-order valence-electron chi connectivity index (χ1n) is 5.31. The van der Waals surface area contributed by atoms with Crippen LogP contribution in [0.1, 0.15) is 32.8 Å². The van der Waals surface area contributed by atoms with Gasteiger partial charge in [-0.1, -0.05) is 32.9 Å². The Hall–Kier alpha value is -1.02. The van der Waals surface area contributed by atoms with E-state index in [0.29, 0.717) is 6.61 Å². The van der Waals surface area contributed by atoms with E-state index in [-0.39, 0.29) is 17.1 Å². The van der Waals surface area contributed by atoms with E-state index in [0.717, 1.165) is 5.75 Å². The number of carbonyl (C=O) groups excluding carboxylic acids is 1. The molecular weight excluding hydrogens is 224 g/mol. The number of rotatable bonds is 4. The minimum absolute atomic E-state index is 0.143. The Morgan fingerprint density at radius 1 is 1.25 bits per heavy atom. The van der Waals surface area contributed by atoms with Gasteiger partial charge in [0, 0.05) is 0 Å². The van der Waals surface area contributed by atoms with E-state index in [4.69, 9.17) is 16.3 Å². The molecule has 0 aliphatic rings. The first kappa shape index (κ1) is 13.0. The summed E-state index contributed by atoms with van der Waals surface area (Å²) in [7, 11) is 0. The number of hydrogen-bond donors (Lipinski definition) is 0. The third-order valence-electron chi connectivity index (χ3n) is 2.29. The number of benzene rings is 1. The Morgan fingerprint density at radius 2 is 1.81 bits per heavy atom. The molecule has 0 N–H and O–H groups in total. The molecule has 0 amide bonds. The van der Waals surface area contributed by atoms with E-state index in [9.17, 15) is 4.79 Å². The molecule has 2 nitrogen and oxygen atoms in total. The maximum atomic E-state index is 10.5. The van der Waals surface area contributed by atoms with Crippen LogP contribution in [-0.4, -0.2) is 11.8 Å². The Labute approximate surface area is 102 Å². The summed E-state index contributed by atoms with van der Waals surface area (Å²) in [5.41, 5.74) is 1.40. The van der Waals surface area contributed by atoms with Crippen LogP contribution in [0, 0.1) is 0 Å². The van der Waals surface area contributed by atoms with E-state index in [1.165, 1.54) is 5.56 Å². The Bertz CT molecular complexity index is 349. The lowest BCUT2D eigenvalue weighted by Crippen LogP contribution is -2.10. The smallest absolute Gasteiger partial charge is 0.225 e. The second-order valence-electron chi connectivity index (χ2n) is 4.73. The van der Waals surface area contributed by atoms with E-state index in [1.807, 2.05) is 24.3 Å². The fourth-order valence-electron chi connectivity index (χ4n) is 1.30. The average Bonchev–Trinajstić information content (AvgIpc) is 2.16. The van der Waals surface area contributed by atoms with Crippen molar-refractivity contribution in [2.24, 2.45) is 0 Å². The van der Waals surface area contributed by atoms with Crippen molar-refractivity contribution in [3.63, 3.8) is 0 Å². The first-order chi connectivity index (χ1) is 7.39. The van der Waals surface area contributed by atoms with Crippen molar-refractivity contribution < 1.29 is 9.53 Å². The third-order valence-corrected chi connectivity index (χ3v) is 2.48. The van der Waals surface area contributed by atoms with E-state index in [1.54, 1.807) is 0 Å². The first-order valence-corrected chi connectivity index (χ1v) is 5.69. The second-order valence-corrected chi connectivity index (χ2v) is 5.15. The topological polar surface area (TPSA) is 26.3 Å². The predicted octanol–water partition coefficient (Wildman–Crippen LogP) is 3.52. The van der Waals surface area contributed by atoms with E-state index >= 15 is 0 Å². The van der Waals surface area contributed by atoms with Gasteiger partial charge in [0.25, 0.3) is 0 Å². The van der Waals surface area contributed by atoms with Crippen LogP contribution in [0.3, 0.4) is 0 Å². The van der Waals surface area contributed by atoms with Gasteiger partial charge in [-0.15, -0.1) is 0 Å². The van der Waals surface area contributed by atoms with Gasteiger partial charge in [-0.3, -0.25) is 4.79 Å². The van der Waals surface area contributed by atoms with Crippen LogP contribution in [0.25, 0.3) is 0 Å². The summed E-state index contributed by atoms with van der Waals surface area (Å²) >= 11 is 5.21. The highest BCUT2D eigenvalue weighted by Gasteiger charge is 2.12. The van der Waals surface area contributed by atoms with Crippen LogP contribution < -0.4 is 4.74 Å². The summed E-state index contributed by atoms with van der Waals surface area (Å²) in [5, 5.41) is -0.369. The minimum atomic E-state index is -0.369. The van der Waals surface area contributed by atoms with Crippen molar-refractivity contribution in [2.45, 2.75) is 32.6 Å². The van der Waals surface area contributed by atoms with Gasteiger partial charge >= 0.3 is 0 Å². The molecule has 0 heterocycles. The monoisotopic (exact) mass is 240 g/mol. The molecule has 1 aromatic rings. The van der Waals surface area contributed by atoms with Crippen LogP contribution in [0.5, 0.6) is 5.75 Å². The molecule has 0 unspecified atom stereocenters. The molecule has 0 aliphatic heterocycles. The van der Waals surface area contributed by atoms with Crippen LogP contribution in [0.15, 0.2) is 24.3 Å². The molecule has 1 aromatic carbocycles. The van der Waals surface area contributed by atoms with Crippen LogP contribution in [-0.2, 0) is 10.2 Å². The van der Waals surface area contributed by atoms with Crippen molar-refractivity contribution in [2.75, 3.05) is 6.61 Å². The van der Waals surface area contributed by atoms with Gasteiger partial charge in [-0.25, -0.2) is 0 Å². The molecule has 0 spiro atoms. The molecule has 3 heteroatoms. The summed E-state index contributed by atoms with van der Waals surface area (Å²) < 4.78 is 5.38. The molecular formula is C13H17ClO2. The van der Waals surface area contributed by atoms with Gasteiger partial charge in [-0.05, 0) is 34.7 Å². The summed E-state index contributed by atoms with van der Waals surface area (Å²) in [4.78, 5) is 10.5. The number of halogens is 1. The van der Waals surface area contributed by atoms with Gasteiger partial charge in [0.05, 0.1) is 13.0 Å². The third kappa shape index (κ3) is 4.23. The summed E-state index contributed by atoms with van der Waals surface area (Å²) in [5.74, 6) is 0.769. The van der Waals surface area contributed by atoms with Crippen molar-refractivity contribution in [3.8, 4) is 5.75 Å². The zero-order valence-corrected chi connectivity index (χ0v) is 10.7. The number of carbonyl (C=O) groups is 1. The summed E-state index contributed by atoms with van der Waals surface area (Å²) in [6.07, 6.45) is 0.239. The second kappa shape index (κ2) is 5.35. The van der Waals surface area contributed by atoms with Gasteiger partial charge in [-0.2, -0.15) is 0 Å². The molecule has 0 saturated heterocycles. The molecule has 1 rings (SSSR count). The highest BCUT2D eigenvalue weighted by molar-refractivity contribution is 6.63. The van der Waals surface area contributed by atoms with Crippen LogP contribution in [0.2, 0.25) is 0 Å². The minimum Gasteiger partial charge on any atom is -0.493 e. The molecule has 0 aliphatic carbocycles. The average molecular weight is 241 g/mol. The lowest BCUT2D eigenvalue weighted by molar-refractivity contribution is -0.112. The molecule has 0 radical (unpaired) electrons. The molecule has 0 saturated carbocycles. The Balaban J connectivity index is 2.55. The lowest BCUT2D eigenvalue weighted by atomic mass is 9.87. The van der Waals surface area contributed by atoms with Gasteiger partial charge in [0.2, 0.25) is 5.24 Å². The fraction of sp³-hybridized carbons (Fsp3) is 0.462. The fourth-order valence-corrected chi connectivity index (χ4v) is 1.38. The molecule has 0 bridgehead atoms. The summed E-state index contributed by atoms with van der Waals surface area (Å²) in [6.45, 7) is 6.82. The maximum absolute atomic E-state index is 10.5. The SMILES string of the molecule is CC(C)(C)c1ccc(OCCC(=O)Cl)cc1. The standard InChI is InChI=1S/C13H17ClO2/c1-13(2,3)10-4-6-11(7-5-10)16-9-8-12(14)15/h4-7H,8-9H2,1-3H3. The zero-order chi connectivity index (χ0) is 12.2. The number of hydrogen-bond acceptors (Lipinski definition) is 2. The lowest BCUT2D eigenvalue weighted by Gasteiger charge is -2.19. The maximum Gasteiger partial charge on any atom is 0.225 e. The Morgan fingerprint density at radius 3 is 2.25 bits per heavy atom. The van der Waals surface area contributed by atoms with Gasteiger partial charge in [0.1, 0.15) is 5.75 Å². The molecule has 16 heavy (non-hydrogen) atoms. The molecule has 0 aromatic heterocycles. The van der Waals surface area contributed by atoms with Crippen molar-refractivity contribution in [1.82, 2.24) is 0 Å².